The lowest BCUT2D eigenvalue weighted by molar-refractivity contribution is 0.419. The van der Waals surface area contributed by atoms with Crippen LogP contribution in [-0.4, -0.2) is 13.1 Å². The van der Waals surface area contributed by atoms with Gasteiger partial charge in [-0.25, -0.2) is 4.39 Å². The third-order valence-corrected chi connectivity index (χ3v) is 4.94. The Balaban J connectivity index is 0.000000204. The summed E-state index contributed by atoms with van der Waals surface area (Å²) in [6, 6.07) is 14.2. The maximum absolute atomic E-state index is 12.6. The first kappa shape index (κ1) is 23.1. The van der Waals surface area contributed by atoms with E-state index in [9.17, 15) is 4.39 Å². The van der Waals surface area contributed by atoms with Gasteiger partial charge in [0.15, 0.2) is 0 Å². The molecule has 1 aliphatic rings. The molecule has 0 spiro atoms. The predicted molar refractivity (Wildman–Crippen MR) is 112 cm³/mol. The van der Waals surface area contributed by atoms with Crippen molar-refractivity contribution in [3.63, 3.8) is 0 Å². The van der Waals surface area contributed by atoms with E-state index in [0.29, 0.717) is 10.6 Å². The van der Waals surface area contributed by atoms with E-state index in [1.165, 1.54) is 25.6 Å². The standard InChI is InChI=1S/C8H6ClN.C8H9F.C7H15N/c1-6-2-3-7(5-10)8(9)4-6;1-2-7-5-3-4-6-8(7)9;1-6(2)7-3-4-8-5-7/h2-4H,1H3;3-6H,2H2,1H3;6-8H,3-5H2,1-2H3. The Kier molecular flexibility index (Phi) is 10.7. The van der Waals surface area contributed by atoms with Crippen LogP contribution in [0.3, 0.4) is 0 Å². The molecule has 1 saturated heterocycles. The molecule has 2 aromatic carbocycles. The van der Waals surface area contributed by atoms with Crippen molar-refractivity contribution >= 4 is 11.6 Å². The molecule has 1 unspecified atom stereocenters. The van der Waals surface area contributed by atoms with Gasteiger partial charge in [-0.3, -0.25) is 0 Å². The highest BCUT2D eigenvalue weighted by Crippen LogP contribution is 2.17. The predicted octanol–water partition coefficient (Wildman–Crippen LogP) is 6.16. The lowest BCUT2D eigenvalue weighted by atomic mass is 9.96. The van der Waals surface area contributed by atoms with Gasteiger partial charge < -0.3 is 5.32 Å². The van der Waals surface area contributed by atoms with Crippen molar-refractivity contribution in [3.8, 4) is 6.07 Å². The molecule has 0 bridgehead atoms. The van der Waals surface area contributed by atoms with Gasteiger partial charge in [0.2, 0.25) is 0 Å². The first-order chi connectivity index (χ1) is 12.9. The van der Waals surface area contributed by atoms with Gasteiger partial charge in [-0.1, -0.05) is 56.6 Å². The number of nitrogens with zero attached hydrogens (tertiary/aromatic N) is 1. The minimum atomic E-state index is -0.0972. The van der Waals surface area contributed by atoms with Gasteiger partial charge in [-0.05, 0) is 74.0 Å². The molecule has 2 aromatic rings. The zero-order valence-corrected chi connectivity index (χ0v) is 17.5. The van der Waals surface area contributed by atoms with E-state index in [4.69, 9.17) is 16.9 Å². The molecule has 146 valence electrons. The number of hydrogen-bond donors (Lipinski definition) is 1. The highest BCUT2D eigenvalue weighted by Gasteiger charge is 2.16. The van der Waals surface area contributed by atoms with Gasteiger partial charge in [-0.2, -0.15) is 5.26 Å². The number of hydrogen-bond acceptors (Lipinski definition) is 2. The monoisotopic (exact) mass is 388 g/mol. The quantitative estimate of drug-likeness (QED) is 0.668. The third-order valence-electron chi connectivity index (χ3n) is 4.63. The van der Waals surface area contributed by atoms with Crippen LogP contribution in [0.25, 0.3) is 0 Å². The normalized spacial score (nSPS) is 15.3. The van der Waals surface area contributed by atoms with Crippen molar-refractivity contribution in [2.24, 2.45) is 11.8 Å². The number of halogens is 2. The Bertz CT molecular complexity index is 731. The third kappa shape index (κ3) is 8.56. The lowest BCUT2D eigenvalue weighted by Gasteiger charge is -2.10. The van der Waals surface area contributed by atoms with Crippen molar-refractivity contribution in [1.29, 1.82) is 5.26 Å². The maximum Gasteiger partial charge on any atom is 0.126 e. The van der Waals surface area contributed by atoms with Gasteiger partial charge in [0, 0.05) is 0 Å². The van der Waals surface area contributed by atoms with Crippen LogP contribution in [0.2, 0.25) is 5.02 Å². The van der Waals surface area contributed by atoms with E-state index in [1.54, 1.807) is 24.3 Å². The lowest BCUT2D eigenvalue weighted by Crippen LogP contribution is -2.12. The Hall–Kier alpha value is -1.89. The summed E-state index contributed by atoms with van der Waals surface area (Å²) in [5.74, 6) is 1.74. The van der Waals surface area contributed by atoms with E-state index >= 15 is 0 Å². The Morgan fingerprint density at radius 1 is 1.26 bits per heavy atom. The molecule has 4 heteroatoms. The Morgan fingerprint density at radius 3 is 2.37 bits per heavy atom. The number of nitriles is 1. The van der Waals surface area contributed by atoms with Crippen molar-refractivity contribution in [1.82, 2.24) is 5.32 Å². The van der Waals surface area contributed by atoms with Crippen molar-refractivity contribution in [2.45, 2.75) is 40.5 Å². The minimum Gasteiger partial charge on any atom is -0.316 e. The molecule has 27 heavy (non-hydrogen) atoms. The summed E-state index contributed by atoms with van der Waals surface area (Å²) in [4.78, 5) is 0. The Morgan fingerprint density at radius 2 is 1.96 bits per heavy atom. The second-order valence-electron chi connectivity index (χ2n) is 7.04. The van der Waals surface area contributed by atoms with Gasteiger partial charge in [0.1, 0.15) is 11.9 Å². The maximum atomic E-state index is 12.6. The summed E-state index contributed by atoms with van der Waals surface area (Å²) < 4.78 is 12.6. The molecule has 1 aliphatic heterocycles. The molecule has 0 radical (unpaired) electrons. The second-order valence-corrected chi connectivity index (χ2v) is 7.44. The summed E-state index contributed by atoms with van der Waals surface area (Å²) in [5, 5.41) is 12.4. The van der Waals surface area contributed by atoms with E-state index in [-0.39, 0.29) is 5.82 Å². The number of aryl methyl sites for hydroxylation is 2. The first-order valence-corrected chi connectivity index (χ1v) is 9.87. The molecular formula is C23H30ClFN2. The summed E-state index contributed by atoms with van der Waals surface area (Å²) in [5.41, 5.74) is 2.40. The molecule has 1 heterocycles. The number of rotatable bonds is 2. The molecular weight excluding hydrogens is 359 g/mol. The smallest absolute Gasteiger partial charge is 0.126 e. The molecule has 1 fully saturated rings. The topological polar surface area (TPSA) is 35.8 Å². The summed E-state index contributed by atoms with van der Waals surface area (Å²) in [6.07, 6.45) is 2.16. The van der Waals surface area contributed by atoms with Gasteiger partial charge in [0.25, 0.3) is 0 Å². The largest absolute Gasteiger partial charge is 0.316 e. The second kappa shape index (κ2) is 12.5. The van der Waals surface area contributed by atoms with E-state index in [2.05, 4.69) is 19.2 Å². The number of benzene rings is 2. The fraction of sp³-hybridized carbons (Fsp3) is 0.435. The summed E-state index contributed by atoms with van der Waals surface area (Å²) >= 11 is 5.71. The molecule has 1 atom stereocenters. The minimum absolute atomic E-state index is 0.0972. The van der Waals surface area contributed by atoms with Crippen LogP contribution in [0.4, 0.5) is 4.39 Å². The van der Waals surface area contributed by atoms with Crippen LogP contribution in [0.5, 0.6) is 0 Å². The van der Waals surface area contributed by atoms with E-state index < -0.39 is 0 Å². The highest BCUT2D eigenvalue weighted by molar-refractivity contribution is 6.31. The van der Waals surface area contributed by atoms with Crippen molar-refractivity contribution in [2.75, 3.05) is 13.1 Å². The molecule has 0 saturated carbocycles. The molecule has 0 aliphatic carbocycles. The fourth-order valence-electron chi connectivity index (χ4n) is 2.74. The summed E-state index contributed by atoms with van der Waals surface area (Å²) in [7, 11) is 0. The van der Waals surface area contributed by atoms with Gasteiger partial charge >= 0.3 is 0 Å². The molecule has 3 rings (SSSR count). The average molecular weight is 389 g/mol. The van der Waals surface area contributed by atoms with Crippen LogP contribution in [0, 0.1) is 35.9 Å². The summed E-state index contributed by atoms with van der Waals surface area (Å²) in [6.45, 7) is 11.0. The molecule has 1 N–H and O–H groups in total. The Labute approximate surface area is 168 Å². The van der Waals surface area contributed by atoms with Crippen LogP contribution in [0.15, 0.2) is 42.5 Å². The molecule has 2 nitrogen and oxygen atoms in total. The van der Waals surface area contributed by atoms with Crippen LogP contribution >= 0.6 is 11.6 Å². The zero-order chi connectivity index (χ0) is 20.2. The van der Waals surface area contributed by atoms with Gasteiger partial charge in [0.05, 0.1) is 10.6 Å². The zero-order valence-electron chi connectivity index (χ0n) is 16.7. The SMILES string of the molecule is CC(C)C1CCNC1.CCc1ccccc1F.Cc1ccc(C#N)c(Cl)c1. The van der Waals surface area contributed by atoms with Crippen molar-refractivity contribution in [3.05, 3.63) is 70.0 Å². The molecule has 0 amide bonds. The van der Waals surface area contributed by atoms with Gasteiger partial charge in [-0.15, -0.1) is 0 Å². The highest BCUT2D eigenvalue weighted by atomic mass is 35.5. The first-order valence-electron chi connectivity index (χ1n) is 9.49. The van der Waals surface area contributed by atoms with E-state index in [1.807, 2.05) is 32.0 Å². The van der Waals surface area contributed by atoms with Crippen LogP contribution in [-0.2, 0) is 6.42 Å². The average Bonchev–Trinajstić information content (AvgIpc) is 3.18. The number of nitrogens with one attached hydrogen (secondary N) is 1. The van der Waals surface area contributed by atoms with E-state index in [0.717, 1.165) is 29.4 Å². The van der Waals surface area contributed by atoms with Crippen LogP contribution < -0.4 is 5.32 Å². The van der Waals surface area contributed by atoms with Crippen molar-refractivity contribution < 1.29 is 4.39 Å². The fourth-order valence-corrected chi connectivity index (χ4v) is 3.02. The van der Waals surface area contributed by atoms with Crippen LogP contribution in [0.1, 0.15) is 43.9 Å². The molecule has 0 aromatic heterocycles.